The number of rotatable bonds is 6. The van der Waals surface area contributed by atoms with E-state index in [4.69, 9.17) is 16.1 Å². The molecule has 132 valence electrons. The highest BCUT2D eigenvalue weighted by Gasteiger charge is 2.21. The van der Waals surface area contributed by atoms with E-state index in [9.17, 15) is 0 Å². The molecule has 2 aromatic heterocycles. The molecule has 8 heteroatoms. The average Bonchev–Trinajstić information content (AvgIpc) is 3.22. The number of benzene rings is 1. The second-order valence-electron chi connectivity index (χ2n) is 5.96. The standard InChI is InChI=1S/C17H20ClN5OS/c1-5-23-15(12-6-8-13(18)9-7-12)20-21-17(23)25-11(4)16-19-14(10(2)3)22-24-16/h6-11H,5H2,1-4H3/t11-/m1/s1. The van der Waals surface area contributed by atoms with E-state index in [2.05, 4.69) is 31.8 Å². The van der Waals surface area contributed by atoms with Gasteiger partial charge in [-0.2, -0.15) is 4.98 Å². The highest BCUT2D eigenvalue weighted by atomic mass is 35.5. The van der Waals surface area contributed by atoms with Crippen molar-refractivity contribution in [1.29, 1.82) is 0 Å². The third-order valence-electron chi connectivity index (χ3n) is 3.74. The predicted octanol–water partition coefficient (Wildman–Crippen LogP) is 4.98. The van der Waals surface area contributed by atoms with E-state index in [1.165, 1.54) is 0 Å². The summed E-state index contributed by atoms with van der Waals surface area (Å²) >= 11 is 7.53. The molecule has 0 bridgehead atoms. The van der Waals surface area contributed by atoms with Gasteiger partial charge in [-0.25, -0.2) is 0 Å². The van der Waals surface area contributed by atoms with Crippen LogP contribution in [-0.4, -0.2) is 24.9 Å². The zero-order valence-corrected chi connectivity index (χ0v) is 16.2. The molecule has 0 saturated carbocycles. The fourth-order valence-electron chi connectivity index (χ4n) is 2.33. The van der Waals surface area contributed by atoms with Crippen LogP contribution in [0.15, 0.2) is 33.9 Å². The second kappa shape index (κ2) is 7.58. The van der Waals surface area contributed by atoms with E-state index < -0.39 is 0 Å². The normalized spacial score (nSPS) is 12.7. The number of thioether (sulfide) groups is 1. The maximum atomic E-state index is 5.97. The Bertz CT molecular complexity index is 843. The highest BCUT2D eigenvalue weighted by molar-refractivity contribution is 7.99. The van der Waals surface area contributed by atoms with E-state index in [0.29, 0.717) is 10.9 Å². The smallest absolute Gasteiger partial charge is 0.239 e. The summed E-state index contributed by atoms with van der Waals surface area (Å²) in [5.41, 5.74) is 0.984. The fourth-order valence-corrected chi connectivity index (χ4v) is 3.40. The van der Waals surface area contributed by atoms with Crippen LogP contribution in [0.25, 0.3) is 11.4 Å². The van der Waals surface area contributed by atoms with Gasteiger partial charge >= 0.3 is 0 Å². The summed E-state index contributed by atoms with van der Waals surface area (Å²) < 4.78 is 7.46. The van der Waals surface area contributed by atoms with Gasteiger partial charge in [-0.05, 0) is 38.1 Å². The topological polar surface area (TPSA) is 69.6 Å². The number of hydrogen-bond donors (Lipinski definition) is 0. The summed E-state index contributed by atoms with van der Waals surface area (Å²) in [6.45, 7) is 8.94. The van der Waals surface area contributed by atoms with Gasteiger partial charge in [-0.1, -0.05) is 42.4 Å². The van der Waals surface area contributed by atoms with Crippen LogP contribution in [-0.2, 0) is 6.54 Å². The first-order valence-electron chi connectivity index (χ1n) is 8.18. The maximum Gasteiger partial charge on any atom is 0.239 e. The van der Waals surface area contributed by atoms with Gasteiger partial charge in [0.15, 0.2) is 16.8 Å². The SMILES string of the molecule is CCn1c(S[C@H](C)c2nc(C(C)C)no2)nnc1-c1ccc(Cl)cc1. The fraction of sp³-hybridized carbons (Fsp3) is 0.412. The molecule has 0 unspecified atom stereocenters. The minimum atomic E-state index is -0.00688. The zero-order valence-electron chi connectivity index (χ0n) is 14.6. The lowest BCUT2D eigenvalue weighted by Crippen LogP contribution is -2.01. The van der Waals surface area contributed by atoms with E-state index in [0.717, 1.165) is 28.9 Å². The van der Waals surface area contributed by atoms with Crippen molar-refractivity contribution in [2.24, 2.45) is 0 Å². The Labute approximate surface area is 156 Å². The summed E-state index contributed by atoms with van der Waals surface area (Å²) in [4.78, 5) is 4.47. The summed E-state index contributed by atoms with van der Waals surface area (Å²) in [7, 11) is 0. The van der Waals surface area contributed by atoms with Crippen molar-refractivity contribution in [2.45, 2.75) is 50.6 Å². The van der Waals surface area contributed by atoms with Crippen LogP contribution < -0.4 is 0 Å². The van der Waals surface area contributed by atoms with Crippen LogP contribution in [0.2, 0.25) is 5.02 Å². The van der Waals surface area contributed by atoms with Crippen molar-refractivity contribution < 1.29 is 4.52 Å². The third kappa shape index (κ3) is 3.88. The largest absolute Gasteiger partial charge is 0.338 e. The lowest BCUT2D eigenvalue weighted by atomic mass is 10.2. The Morgan fingerprint density at radius 1 is 1.16 bits per heavy atom. The van der Waals surface area contributed by atoms with Crippen molar-refractivity contribution in [3.63, 3.8) is 0 Å². The quantitative estimate of drug-likeness (QED) is 0.564. The molecular weight excluding hydrogens is 358 g/mol. The van der Waals surface area contributed by atoms with Crippen LogP contribution in [0, 0.1) is 0 Å². The van der Waals surface area contributed by atoms with Crippen LogP contribution in [0.4, 0.5) is 0 Å². The Morgan fingerprint density at radius 3 is 2.48 bits per heavy atom. The zero-order chi connectivity index (χ0) is 18.0. The predicted molar refractivity (Wildman–Crippen MR) is 98.8 cm³/mol. The number of hydrogen-bond acceptors (Lipinski definition) is 6. The molecule has 0 aliphatic rings. The molecule has 0 aliphatic heterocycles. The van der Waals surface area contributed by atoms with Crippen molar-refractivity contribution in [3.05, 3.63) is 41.0 Å². The molecule has 0 N–H and O–H groups in total. The molecule has 3 aromatic rings. The second-order valence-corrected chi connectivity index (χ2v) is 7.71. The van der Waals surface area contributed by atoms with E-state index in [1.807, 2.05) is 45.0 Å². The summed E-state index contributed by atoms with van der Waals surface area (Å²) in [5.74, 6) is 2.39. The Kier molecular flexibility index (Phi) is 5.44. The van der Waals surface area contributed by atoms with E-state index in [1.54, 1.807) is 11.8 Å². The lowest BCUT2D eigenvalue weighted by molar-refractivity contribution is 0.373. The molecule has 1 atom stereocenters. The average molecular weight is 378 g/mol. The first-order valence-corrected chi connectivity index (χ1v) is 9.44. The molecular formula is C17H20ClN5OS. The minimum Gasteiger partial charge on any atom is -0.338 e. The minimum absolute atomic E-state index is 0.00688. The van der Waals surface area contributed by atoms with Crippen molar-refractivity contribution in [3.8, 4) is 11.4 Å². The van der Waals surface area contributed by atoms with Crippen LogP contribution in [0.3, 0.4) is 0 Å². The molecule has 0 spiro atoms. The van der Waals surface area contributed by atoms with Crippen molar-refractivity contribution >= 4 is 23.4 Å². The van der Waals surface area contributed by atoms with Crippen molar-refractivity contribution in [1.82, 2.24) is 24.9 Å². The molecule has 2 heterocycles. The van der Waals surface area contributed by atoms with Gasteiger partial charge in [0.1, 0.15) is 0 Å². The number of nitrogens with zero attached hydrogens (tertiary/aromatic N) is 5. The number of halogens is 1. The molecule has 1 aromatic carbocycles. The molecule has 6 nitrogen and oxygen atoms in total. The molecule has 0 fully saturated rings. The van der Waals surface area contributed by atoms with Gasteiger partial charge in [0.25, 0.3) is 0 Å². The molecule has 0 aliphatic carbocycles. The maximum absolute atomic E-state index is 5.97. The third-order valence-corrected chi connectivity index (χ3v) is 5.06. The van der Waals surface area contributed by atoms with Crippen LogP contribution in [0.5, 0.6) is 0 Å². The van der Waals surface area contributed by atoms with Gasteiger partial charge in [-0.15, -0.1) is 10.2 Å². The van der Waals surface area contributed by atoms with Gasteiger partial charge in [-0.3, -0.25) is 0 Å². The van der Waals surface area contributed by atoms with Gasteiger partial charge in [0.05, 0.1) is 5.25 Å². The van der Waals surface area contributed by atoms with Crippen LogP contribution >= 0.6 is 23.4 Å². The molecule has 0 saturated heterocycles. The highest BCUT2D eigenvalue weighted by Crippen LogP contribution is 2.35. The molecule has 0 amide bonds. The van der Waals surface area contributed by atoms with Crippen LogP contribution in [0.1, 0.15) is 50.6 Å². The monoisotopic (exact) mass is 377 g/mol. The van der Waals surface area contributed by atoms with Gasteiger partial charge < -0.3 is 9.09 Å². The van der Waals surface area contributed by atoms with E-state index in [-0.39, 0.29) is 11.2 Å². The first kappa shape index (κ1) is 17.9. The number of aromatic nitrogens is 5. The summed E-state index contributed by atoms with van der Waals surface area (Å²) in [5, 5.41) is 14.2. The Balaban J connectivity index is 1.83. The summed E-state index contributed by atoms with van der Waals surface area (Å²) in [6.07, 6.45) is 0. The van der Waals surface area contributed by atoms with Crippen molar-refractivity contribution in [2.75, 3.05) is 0 Å². The molecule has 3 rings (SSSR count). The first-order chi connectivity index (χ1) is 12.0. The molecule has 25 heavy (non-hydrogen) atoms. The molecule has 0 radical (unpaired) electrons. The van der Waals surface area contributed by atoms with Gasteiger partial charge in [0.2, 0.25) is 5.89 Å². The Morgan fingerprint density at radius 2 is 1.88 bits per heavy atom. The summed E-state index contributed by atoms with van der Waals surface area (Å²) in [6, 6.07) is 7.60. The van der Waals surface area contributed by atoms with E-state index >= 15 is 0 Å². The Hall–Kier alpha value is -1.86. The lowest BCUT2D eigenvalue weighted by Gasteiger charge is -2.09. The van der Waals surface area contributed by atoms with Gasteiger partial charge in [0, 0.05) is 23.0 Å².